The van der Waals surface area contributed by atoms with Crippen molar-refractivity contribution in [2.75, 3.05) is 7.11 Å². The predicted molar refractivity (Wildman–Crippen MR) is 69.2 cm³/mol. The van der Waals surface area contributed by atoms with Crippen molar-refractivity contribution in [1.82, 2.24) is 4.98 Å². The topological polar surface area (TPSA) is 31.4 Å². The van der Waals surface area contributed by atoms with Crippen LogP contribution in [0.1, 0.15) is 5.56 Å². The molecule has 0 spiro atoms. The van der Waals surface area contributed by atoms with E-state index in [1.807, 2.05) is 18.2 Å². The second-order valence-electron chi connectivity index (χ2n) is 3.56. The lowest BCUT2D eigenvalue weighted by molar-refractivity contribution is 0.294. The molecule has 0 saturated carbocycles. The second kappa shape index (κ2) is 5.82. The van der Waals surface area contributed by atoms with E-state index in [-0.39, 0.29) is 0 Å². The molecule has 1 aromatic carbocycles. The van der Waals surface area contributed by atoms with Gasteiger partial charge in [0.1, 0.15) is 18.1 Å². The Morgan fingerprint density at radius 1 is 1.28 bits per heavy atom. The average Bonchev–Trinajstić information content (AvgIpc) is 2.38. The van der Waals surface area contributed by atoms with Crippen LogP contribution in [0.5, 0.6) is 11.5 Å². The molecule has 0 aliphatic heterocycles. The molecule has 0 aliphatic rings. The Hall–Kier alpha value is -1.62. The van der Waals surface area contributed by atoms with Crippen LogP contribution in [0, 0.1) is 5.95 Å². The van der Waals surface area contributed by atoms with Gasteiger partial charge in [0, 0.05) is 10.0 Å². The molecular weight excluding hydrogens is 301 g/mol. The maximum Gasteiger partial charge on any atom is 0.213 e. The van der Waals surface area contributed by atoms with Crippen molar-refractivity contribution < 1.29 is 13.9 Å². The summed E-state index contributed by atoms with van der Waals surface area (Å²) >= 11 is 3.39. The van der Waals surface area contributed by atoms with Crippen LogP contribution in [0.25, 0.3) is 0 Å². The highest BCUT2D eigenvalue weighted by Gasteiger charge is 2.05. The molecule has 0 aliphatic carbocycles. The van der Waals surface area contributed by atoms with Crippen molar-refractivity contribution in [2.24, 2.45) is 0 Å². The van der Waals surface area contributed by atoms with Gasteiger partial charge >= 0.3 is 0 Å². The third-order valence-corrected chi connectivity index (χ3v) is 2.83. The lowest BCUT2D eigenvalue weighted by Gasteiger charge is -2.10. The van der Waals surface area contributed by atoms with Crippen LogP contribution in [-0.4, -0.2) is 12.1 Å². The average molecular weight is 312 g/mol. The van der Waals surface area contributed by atoms with Gasteiger partial charge in [-0.25, -0.2) is 4.98 Å². The van der Waals surface area contributed by atoms with Crippen molar-refractivity contribution in [3.63, 3.8) is 0 Å². The smallest absolute Gasteiger partial charge is 0.213 e. The fourth-order valence-corrected chi connectivity index (χ4v) is 1.88. The Balaban J connectivity index is 2.09. The van der Waals surface area contributed by atoms with Crippen molar-refractivity contribution in [2.45, 2.75) is 6.61 Å². The van der Waals surface area contributed by atoms with Gasteiger partial charge in [0.2, 0.25) is 5.95 Å². The summed E-state index contributed by atoms with van der Waals surface area (Å²) in [5.41, 5.74) is 0.899. The largest absolute Gasteiger partial charge is 0.496 e. The first kappa shape index (κ1) is 12.8. The van der Waals surface area contributed by atoms with Crippen LogP contribution in [0.4, 0.5) is 4.39 Å². The van der Waals surface area contributed by atoms with Crippen LogP contribution in [0.15, 0.2) is 41.0 Å². The van der Waals surface area contributed by atoms with Gasteiger partial charge in [-0.1, -0.05) is 15.9 Å². The number of halogens is 2. The first-order valence-corrected chi connectivity index (χ1v) is 6.05. The van der Waals surface area contributed by atoms with Crippen LogP contribution in [-0.2, 0) is 6.61 Å². The second-order valence-corrected chi connectivity index (χ2v) is 4.48. The zero-order chi connectivity index (χ0) is 13.0. The van der Waals surface area contributed by atoms with Gasteiger partial charge in [0.05, 0.1) is 13.3 Å². The number of benzene rings is 1. The van der Waals surface area contributed by atoms with E-state index in [1.54, 1.807) is 7.11 Å². The molecule has 2 rings (SSSR count). The minimum absolute atomic E-state index is 0.329. The fourth-order valence-electron chi connectivity index (χ4n) is 1.47. The molecular formula is C13H11BrFNO2. The van der Waals surface area contributed by atoms with Crippen LogP contribution >= 0.6 is 15.9 Å². The van der Waals surface area contributed by atoms with Gasteiger partial charge in [0.25, 0.3) is 0 Å². The molecule has 0 unspecified atom stereocenters. The van der Waals surface area contributed by atoms with E-state index >= 15 is 0 Å². The van der Waals surface area contributed by atoms with Crippen molar-refractivity contribution in [1.29, 1.82) is 0 Å². The minimum Gasteiger partial charge on any atom is -0.496 e. The van der Waals surface area contributed by atoms with E-state index in [9.17, 15) is 4.39 Å². The molecule has 0 fully saturated rings. The van der Waals surface area contributed by atoms with Gasteiger partial charge in [-0.05, 0) is 30.3 Å². The molecule has 2 aromatic rings. The van der Waals surface area contributed by atoms with E-state index < -0.39 is 5.95 Å². The lowest BCUT2D eigenvalue weighted by atomic mass is 10.2. The summed E-state index contributed by atoms with van der Waals surface area (Å²) in [6.07, 6.45) is 1.35. The summed E-state index contributed by atoms with van der Waals surface area (Å²) in [5.74, 6) is 0.731. The van der Waals surface area contributed by atoms with Gasteiger partial charge in [-0.2, -0.15) is 4.39 Å². The van der Waals surface area contributed by atoms with Gasteiger partial charge in [-0.15, -0.1) is 0 Å². The molecule has 3 nitrogen and oxygen atoms in total. The third kappa shape index (κ3) is 3.20. The maximum atomic E-state index is 12.6. The highest BCUT2D eigenvalue weighted by atomic mass is 79.9. The minimum atomic E-state index is -0.526. The molecule has 0 saturated heterocycles. The molecule has 0 N–H and O–H groups in total. The zero-order valence-corrected chi connectivity index (χ0v) is 11.3. The number of pyridine rings is 1. The summed E-state index contributed by atoms with van der Waals surface area (Å²) < 4.78 is 24.3. The molecule has 1 heterocycles. The monoisotopic (exact) mass is 311 g/mol. The molecule has 5 heteroatoms. The van der Waals surface area contributed by atoms with Crippen molar-refractivity contribution in [3.8, 4) is 11.5 Å². The third-order valence-electron chi connectivity index (χ3n) is 2.34. The number of aromatic nitrogens is 1. The van der Waals surface area contributed by atoms with E-state index in [4.69, 9.17) is 9.47 Å². The fraction of sp³-hybridized carbons (Fsp3) is 0.154. The SMILES string of the molecule is COc1ccc(Br)cc1COc1ccc(F)nc1. The maximum absolute atomic E-state index is 12.6. The number of ether oxygens (including phenoxy) is 2. The Morgan fingerprint density at radius 2 is 2.11 bits per heavy atom. The number of nitrogens with zero attached hydrogens (tertiary/aromatic N) is 1. The number of hydrogen-bond acceptors (Lipinski definition) is 3. The highest BCUT2D eigenvalue weighted by Crippen LogP contribution is 2.24. The van der Waals surface area contributed by atoms with Crippen LogP contribution in [0.2, 0.25) is 0 Å². The Morgan fingerprint density at radius 3 is 2.78 bits per heavy atom. The quantitative estimate of drug-likeness (QED) is 0.809. The predicted octanol–water partition coefficient (Wildman–Crippen LogP) is 3.57. The number of hydrogen-bond donors (Lipinski definition) is 0. The lowest BCUT2D eigenvalue weighted by Crippen LogP contribution is -1.99. The standard InChI is InChI=1S/C13H11BrFNO2/c1-17-12-4-2-10(14)6-9(12)8-18-11-3-5-13(15)16-7-11/h2-7H,8H2,1H3. The van der Waals surface area contributed by atoms with E-state index in [2.05, 4.69) is 20.9 Å². The van der Waals surface area contributed by atoms with E-state index in [0.717, 1.165) is 15.8 Å². The Bertz CT molecular complexity index is 531. The summed E-state index contributed by atoms with van der Waals surface area (Å²) in [6.45, 7) is 0.329. The van der Waals surface area contributed by atoms with Gasteiger partial charge < -0.3 is 9.47 Å². The Labute approximate surface area is 113 Å². The summed E-state index contributed by atoms with van der Waals surface area (Å²) in [5, 5.41) is 0. The van der Waals surface area contributed by atoms with Crippen LogP contribution in [0.3, 0.4) is 0 Å². The van der Waals surface area contributed by atoms with E-state index in [1.165, 1.54) is 18.3 Å². The van der Waals surface area contributed by atoms with E-state index in [0.29, 0.717) is 12.4 Å². The molecule has 0 atom stereocenters. The van der Waals surface area contributed by atoms with Gasteiger partial charge in [-0.3, -0.25) is 0 Å². The molecule has 0 amide bonds. The van der Waals surface area contributed by atoms with Crippen LogP contribution < -0.4 is 9.47 Å². The number of rotatable bonds is 4. The summed E-state index contributed by atoms with van der Waals surface area (Å²) in [6, 6.07) is 8.45. The molecule has 94 valence electrons. The Kier molecular flexibility index (Phi) is 4.15. The molecule has 0 bridgehead atoms. The summed E-state index contributed by atoms with van der Waals surface area (Å²) in [7, 11) is 1.60. The molecule has 1 aromatic heterocycles. The zero-order valence-electron chi connectivity index (χ0n) is 9.69. The summed E-state index contributed by atoms with van der Waals surface area (Å²) in [4.78, 5) is 3.52. The molecule has 0 radical (unpaired) electrons. The first-order valence-electron chi connectivity index (χ1n) is 5.26. The van der Waals surface area contributed by atoms with Crippen molar-refractivity contribution in [3.05, 3.63) is 52.5 Å². The van der Waals surface area contributed by atoms with Gasteiger partial charge in [0.15, 0.2) is 0 Å². The number of methoxy groups -OCH3 is 1. The molecule has 18 heavy (non-hydrogen) atoms. The van der Waals surface area contributed by atoms with Crippen molar-refractivity contribution >= 4 is 15.9 Å². The normalized spacial score (nSPS) is 10.2. The first-order chi connectivity index (χ1) is 8.69. The highest BCUT2D eigenvalue weighted by molar-refractivity contribution is 9.10.